The maximum Gasteiger partial charge on any atom is 0.272 e. The standard InChI is InChI=1S/C9H9ClNO/c1-2-11-9(12)7-3-5-8(10)6-4-7/h3-6H,2H2,1H3. The zero-order valence-corrected chi connectivity index (χ0v) is 7.51. The van der Waals surface area contributed by atoms with Crippen LogP contribution in [0.4, 0.5) is 0 Å². The molecule has 0 aromatic heterocycles. The fourth-order valence-electron chi connectivity index (χ4n) is 0.827. The molecule has 0 saturated heterocycles. The first kappa shape index (κ1) is 9.07. The predicted molar refractivity (Wildman–Crippen MR) is 48.5 cm³/mol. The maximum absolute atomic E-state index is 11.1. The molecule has 0 atom stereocenters. The monoisotopic (exact) mass is 182 g/mol. The molecular formula is C9H9ClNO. The molecule has 0 aliphatic rings. The van der Waals surface area contributed by atoms with Crippen molar-refractivity contribution in [1.29, 1.82) is 0 Å². The normalized spacial score (nSPS) is 9.50. The fourth-order valence-corrected chi connectivity index (χ4v) is 0.953. The van der Waals surface area contributed by atoms with E-state index >= 15 is 0 Å². The molecule has 2 nitrogen and oxygen atoms in total. The average Bonchev–Trinajstić information content (AvgIpc) is 2.06. The second-order valence-electron chi connectivity index (χ2n) is 2.29. The van der Waals surface area contributed by atoms with Crippen LogP contribution in [0.2, 0.25) is 5.02 Å². The fraction of sp³-hybridized carbons (Fsp3) is 0.222. The Bertz CT molecular complexity index is 268. The summed E-state index contributed by atoms with van der Waals surface area (Å²) in [5.41, 5.74) is 0.584. The van der Waals surface area contributed by atoms with Crippen LogP contribution >= 0.6 is 11.6 Å². The Hall–Kier alpha value is -1.02. The van der Waals surface area contributed by atoms with Crippen LogP contribution in [0.1, 0.15) is 17.3 Å². The van der Waals surface area contributed by atoms with Crippen LogP contribution in [0.3, 0.4) is 0 Å². The van der Waals surface area contributed by atoms with Crippen molar-refractivity contribution in [2.24, 2.45) is 0 Å². The van der Waals surface area contributed by atoms with E-state index in [1.54, 1.807) is 24.3 Å². The maximum atomic E-state index is 11.1. The molecule has 0 spiro atoms. The Morgan fingerprint density at radius 2 is 2.00 bits per heavy atom. The number of hydrogen-bond acceptors (Lipinski definition) is 1. The number of amides is 1. The summed E-state index contributed by atoms with van der Waals surface area (Å²) in [5, 5.41) is 4.37. The van der Waals surface area contributed by atoms with Crippen LogP contribution in [0.5, 0.6) is 0 Å². The minimum Gasteiger partial charge on any atom is -0.267 e. The van der Waals surface area contributed by atoms with E-state index in [4.69, 9.17) is 11.6 Å². The van der Waals surface area contributed by atoms with E-state index in [1.165, 1.54) is 0 Å². The molecular weight excluding hydrogens is 174 g/mol. The van der Waals surface area contributed by atoms with Gasteiger partial charge in [0, 0.05) is 17.1 Å². The summed E-state index contributed by atoms with van der Waals surface area (Å²) in [6.45, 7) is 2.34. The van der Waals surface area contributed by atoms with Gasteiger partial charge in [-0.1, -0.05) is 11.6 Å². The third-order valence-electron chi connectivity index (χ3n) is 1.39. The molecule has 12 heavy (non-hydrogen) atoms. The predicted octanol–water partition coefficient (Wildman–Crippen LogP) is 2.10. The van der Waals surface area contributed by atoms with Crippen LogP contribution < -0.4 is 5.32 Å². The van der Waals surface area contributed by atoms with Gasteiger partial charge in [-0.2, -0.15) is 0 Å². The van der Waals surface area contributed by atoms with Gasteiger partial charge in [-0.05, 0) is 31.2 Å². The van der Waals surface area contributed by atoms with E-state index in [0.29, 0.717) is 17.1 Å². The highest BCUT2D eigenvalue weighted by molar-refractivity contribution is 6.30. The second kappa shape index (κ2) is 4.12. The minimum atomic E-state index is -0.186. The van der Waals surface area contributed by atoms with E-state index < -0.39 is 0 Å². The zero-order chi connectivity index (χ0) is 8.97. The number of hydrogen-bond donors (Lipinski definition) is 0. The lowest BCUT2D eigenvalue weighted by molar-refractivity contribution is 0.0951. The van der Waals surface area contributed by atoms with E-state index in [2.05, 4.69) is 5.32 Å². The van der Waals surface area contributed by atoms with Gasteiger partial charge in [0.2, 0.25) is 0 Å². The van der Waals surface area contributed by atoms with E-state index in [1.807, 2.05) is 6.92 Å². The van der Waals surface area contributed by atoms with Gasteiger partial charge in [-0.3, -0.25) is 4.79 Å². The SMILES string of the molecule is CC[N]C(=O)c1ccc(Cl)cc1. The highest BCUT2D eigenvalue weighted by Gasteiger charge is 2.03. The van der Waals surface area contributed by atoms with Crippen molar-refractivity contribution in [2.45, 2.75) is 6.92 Å². The summed E-state index contributed by atoms with van der Waals surface area (Å²) in [6.07, 6.45) is 0. The third-order valence-corrected chi connectivity index (χ3v) is 1.64. The van der Waals surface area contributed by atoms with Crippen LogP contribution in [0.25, 0.3) is 0 Å². The molecule has 0 heterocycles. The van der Waals surface area contributed by atoms with Crippen molar-refractivity contribution in [2.75, 3.05) is 6.54 Å². The lowest BCUT2D eigenvalue weighted by Gasteiger charge is -1.98. The van der Waals surface area contributed by atoms with Crippen LogP contribution in [0, 0.1) is 0 Å². The summed E-state index contributed by atoms with van der Waals surface area (Å²) >= 11 is 5.65. The molecule has 0 aliphatic carbocycles. The number of nitrogens with zero attached hydrogens (tertiary/aromatic N) is 1. The molecule has 1 amide bonds. The number of halogens is 1. The lowest BCUT2D eigenvalue weighted by Crippen LogP contribution is -2.14. The van der Waals surface area contributed by atoms with Gasteiger partial charge in [-0.25, -0.2) is 5.32 Å². The Morgan fingerprint density at radius 3 is 2.50 bits per heavy atom. The second-order valence-corrected chi connectivity index (χ2v) is 2.72. The number of carbonyl (C=O) groups excluding carboxylic acids is 1. The largest absolute Gasteiger partial charge is 0.272 e. The van der Waals surface area contributed by atoms with Gasteiger partial charge in [0.25, 0.3) is 5.91 Å². The van der Waals surface area contributed by atoms with Gasteiger partial charge in [0.05, 0.1) is 0 Å². The average molecular weight is 183 g/mol. The number of rotatable bonds is 2. The van der Waals surface area contributed by atoms with Crippen molar-refractivity contribution in [3.8, 4) is 0 Å². The Labute approximate surface area is 76.5 Å². The highest BCUT2D eigenvalue weighted by atomic mass is 35.5. The smallest absolute Gasteiger partial charge is 0.267 e. The molecule has 63 valence electrons. The van der Waals surface area contributed by atoms with Crippen molar-refractivity contribution in [3.05, 3.63) is 34.9 Å². The molecule has 1 aromatic carbocycles. The number of benzene rings is 1. The van der Waals surface area contributed by atoms with Gasteiger partial charge >= 0.3 is 0 Å². The lowest BCUT2D eigenvalue weighted by atomic mass is 10.2. The molecule has 0 unspecified atom stereocenters. The minimum absolute atomic E-state index is 0.186. The number of carbonyl (C=O) groups is 1. The Kier molecular flexibility index (Phi) is 3.11. The van der Waals surface area contributed by atoms with Crippen LogP contribution in [-0.4, -0.2) is 12.5 Å². The highest BCUT2D eigenvalue weighted by Crippen LogP contribution is 2.09. The quantitative estimate of drug-likeness (QED) is 0.689. The summed E-state index contributed by atoms with van der Waals surface area (Å²) in [4.78, 5) is 11.1. The van der Waals surface area contributed by atoms with E-state index in [-0.39, 0.29) is 5.91 Å². The molecule has 0 saturated carbocycles. The summed E-state index contributed by atoms with van der Waals surface area (Å²) in [7, 11) is 0. The first-order chi connectivity index (χ1) is 5.74. The molecule has 0 fully saturated rings. The van der Waals surface area contributed by atoms with Gasteiger partial charge in [0.1, 0.15) is 0 Å². The van der Waals surface area contributed by atoms with Crippen molar-refractivity contribution in [3.63, 3.8) is 0 Å². The first-order valence-electron chi connectivity index (χ1n) is 3.71. The summed E-state index contributed by atoms with van der Waals surface area (Å²) in [6, 6.07) is 6.70. The van der Waals surface area contributed by atoms with Crippen molar-refractivity contribution < 1.29 is 4.79 Å². The summed E-state index contributed by atoms with van der Waals surface area (Å²) < 4.78 is 0. The van der Waals surface area contributed by atoms with Gasteiger partial charge in [-0.15, -0.1) is 0 Å². The van der Waals surface area contributed by atoms with Crippen molar-refractivity contribution in [1.82, 2.24) is 5.32 Å². The molecule has 1 aromatic rings. The van der Waals surface area contributed by atoms with E-state index in [0.717, 1.165) is 0 Å². The molecule has 3 heteroatoms. The Morgan fingerprint density at radius 1 is 1.42 bits per heavy atom. The van der Waals surface area contributed by atoms with Gasteiger partial charge < -0.3 is 0 Å². The topological polar surface area (TPSA) is 31.2 Å². The first-order valence-corrected chi connectivity index (χ1v) is 4.09. The zero-order valence-electron chi connectivity index (χ0n) is 6.75. The van der Waals surface area contributed by atoms with Crippen molar-refractivity contribution >= 4 is 17.5 Å². The molecule has 1 radical (unpaired) electrons. The molecule has 0 N–H and O–H groups in total. The summed E-state index contributed by atoms with van der Waals surface area (Å²) in [5.74, 6) is -0.186. The molecule has 0 bridgehead atoms. The van der Waals surface area contributed by atoms with Crippen LogP contribution in [-0.2, 0) is 0 Å². The van der Waals surface area contributed by atoms with E-state index in [9.17, 15) is 4.79 Å². The molecule has 0 aliphatic heterocycles. The van der Waals surface area contributed by atoms with Gasteiger partial charge in [0.15, 0.2) is 0 Å². The molecule has 1 rings (SSSR count). The Balaban J connectivity index is 2.75. The third kappa shape index (κ3) is 2.24. The van der Waals surface area contributed by atoms with Crippen LogP contribution in [0.15, 0.2) is 24.3 Å².